The summed E-state index contributed by atoms with van der Waals surface area (Å²) >= 11 is 0. The van der Waals surface area contributed by atoms with Crippen LogP contribution in [0.1, 0.15) is 45.1 Å². The third kappa shape index (κ3) is 4.29. The Morgan fingerprint density at radius 3 is 2.48 bits per heavy atom. The van der Waals surface area contributed by atoms with Crippen LogP contribution in [0.2, 0.25) is 0 Å². The SMILES string of the molecule is CCOc1ccc(CCNS(=O)(=O)C2CC3CCC2C3)cc1OCC. The van der Waals surface area contributed by atoms with Gasteiger partial charge in [0.1, 0.15) is 0 Å². The van der Waals surface area contributed by atoms with Gasteiger partial charge in [-0.2, -0.15) is 0 Å². The number of fused-ring (bicyclic) bond motifs is 2. The summed E-state index contributed by atoms with van der Waals surface area (Å²) in [5.41, 5.74) is 1.04. The van der Waals surface area contributed by atoms with Crippen LogP contribution in [0.4, 0.5) is 0 Å². The van der Waals surface area contributed by atoms with Gasteiger partial charge in [0, 0.05) is 6.54 Å². The molecule has 5 nitrogen and oxygen atoms in total. The van der Waals surface area contributed by atoms with E-state index in [9.17, 15) is 8.42 Å². The average Bonchev–Trinajstić information content (AvgIpc) is 3.21. The summed E-state index contributed by atoms with van der Waals surface area (Å²) in [6, 6.07) is 5.81. The molecule has 2 bridgehead atoms. The minimum absolute atomic E-state index is 0.175. The van der Waals surface area contributed by atoms with Crippen molar-refractivity contribution in [2.75, 3.05) is 19.8 Å². The summed E-state index contributed by atoms with van der Waals surface area (Å²) in [6.45, 7) is 5.46. The Kier molecular flexibility index (Phi) is 5.89. The van der Waals surface area contributed by atoms with Gasteiger partial charge < -0.3 is 9.47 Å². The van der Waals surface area contributed by atoms with Crippen LogP contribution < -0.4 is 14.2 Å². The van der Waals surface area contributed by atoms with Crippen molar-refractivity contribution in [3.05, 3.63) is 23.8 Å². The Labute approximate surface area is 151 Å². The maximum Gasteiger partial charge on any atom is 0.214 e. The van der Waals surface area contributed by atoms with Crippen LogP contribution in [0.15, 0.2) is 18.2 Å². The zero-order valence-corrected chi connectivity index (χ0v) is 16.0. The normalized spacial score (nSPS) is 25.3. The number of nitrogens with one attached hydrogen (secondary N) is 1. The molecular formula is C19H29NO4S. The Morgan fingerprint density at radius 1 is 1.08 bits per heavy atom. The highest BCUT2D eigenvalue weighted by Gasteiger charge is 2.45. The second-order valence-electron chi connectivity index (χ2n) is 7.05. The van der Waals surface area contributed by atoms with E-state index in [-0.39, 0.29) is 5.25 Å². The van der Waals surface area contributed by atoms with E-state index in [2.05, 4.69) is 4.72 Å². The van der Waals surface area contributed by atoms with Gasteiger partial charge in [0.15, 0.2) is 11.5 Å². The van der Waals surface area contributed by atoms with Crippen LogP contribution in [0.5, 0.6) is 11.5 Å². The van der Waals surface area contributed by atoms with Gasteiger partial charge in [-0.05, 0) is 69.1 Å². The van der Waals surface area contributed by atoms with Gasteiger partial charge in [-0.25, -0.2) is 13.1 Å². The summed E-state index contributed by atoms with van der Waals surface area (Å²) in [6.07, 6.45) is 4.88. The molecule has 140 valence electrons. The van der Waals surface area contributed by atoms with Crippen molar-refractivity contribution in [3.8, 4) is 11.5 Å². The monoisotopic (exact) mass is 367 g/mol. The molecule has 0 saturated heterocycles. The molecule has 25 heavy (non-hydrogen) atoms. The Balaban J connectivity index is 1.57. The fourth-order valence-electron chi connectivity index (χ4n) is 4.26. The van der Waals surface area contributed by atoms with Gasteiger partial charge in [0.2, 0.25) is 10.0 Å². The molecule has 1 aromatic carbocycles. The fourth-order valence-corrected chi connectivity index (χ4v) is 6.14. The zero-order chi connectivity index (χ0) is 17.9. The lowest BCUT2D eigenvalue weighted by atomic mass is 10.0. The molecule has 1 aromatic rings. The molecule has 0 amide bonds. The van der Waals surface area contributed by atoms with Gasteiger partial charge in [0.25, 0.3) is 0 Å². The molecule has 0 heterocycles. The first-order valence-corrected chi connectivity index (χ1v) is 10.9. The van der Waals surface area contributed by atoms with Gasteiger partial charge in [-0.1, -0.05) is 12.5 Å². The quantitative estimate of drug-likeness (QED) is 0.728. The fraction of sp³-hybridized carbons (Fsp3) is 0.684. The van der Waals surface area contributed by atoms with E-state index in [0.29, 0.717) is 38.0 Å². The maximum absolute atomic E-state index is 12.6. The molecule has 0 spiro atoms. The Bertz CT molecular complexity index is 689. The van der Waals surface area contributed by atoms with E-state index < -0.39 is 10.0 Å². The number of benzene rings is 1. The molecule has 2 fully saturated rings. The third-order valence-corrected chi connectivity index (χ3v) is 7.38. The first-order valence-electron chi connectivity index (χ1n) is 9.40. The van der Waals surface area contributed by atoms with Gasteiger partial charge in [-0.15, -0.1) is 0 Å². The minimum Gasteiger partial charge on any atom is -0.490 e. The smallest absolute Gasteiger partial charge is 0.214 e. The van der Waals surface area contributed by atoms with E-state index in [4.69, 9.17) is 9.47 Å². The van der Waals surface area contributed by atoms with Crippen molar-refractivity contribution in [1.29, 1.82) is 0 Å². The van der Waals surface area contributed by atoms with Crippen molar-refractivity contribution in [3.63, 3.8) is 0 Å². The third-order valence-electron chi connectivity index (χ3n) is 5.40. The van der Waals surface area contributed by atoms with E-state index in [1.807, 2.05) is 32.0 Å². The highest BCUT2D eigenvalue weighted by Crippen LogP contribution is 2.47. The predicted molar refractivity (Wildman–Crippen MR) is 98.6 cm³/mol. The second kappa shape index (κ2) is 7.96. The average molecular weight is 368 g/mol. The van der Waals surface area contributed by atoms with Gasteiger partial charge in [0.05, 0.1) is 18.5 Å². The summed E-state index contributed by atoms with van der Waals surface area (Å²) in [5, 5.41) is -0.175. The molecule has 3 atom stereocenters. The van der Waals surface area contributed by atoms with Crippen molar-refractivity contribution < 1.29 is 17.9 Å². The minimum atomic E-state index is -3.20. The second-order valence-corrected chi connectivity index (χ2v) is 9.03. The Hall–Kier alpha value is -1.27. The van der Waals surface area contributed by atoms with Crippen molar-refractivity contribution in [2.45, 2.75) is 51.2 Å². The first-order chi connectivity index (χ1) is 12.0. The van der Waals surface area contributed by atoms with Gasteiger partial charge >= 0.3 is 0 Å². The van der Waals surface area contributed by atoms with Crippen molar-refractivity contribution in [2.24, 2.45) is 11.8 Å². The topological polar surface area (TPSA) is 64.6 Å². The van der Waals surface area contributed by atoms with Crippen LogP contribution in [-0.2, 0) is 16.4 Å². The molecule has 6 heteroatoms. The van der Waals surface area contributed by atoms with Crippen LogP contribution in [0, 0.1) is 11.8 Å². The van der Waals surface area contributed by atoms with E-state index >= 15 is 0 Å². The molecule has 3 rings (SSSR count). The van der Waals surface area contributed by atoms with Gasteiger partial charge in [-0.3, -0.25) is 0 Å². The van der Waals surface area contributed by atoms with Crippen molar-refractivity contribution in [1.82, 2.24) is 4.72 Å². The Morgan fingerprint density at radius 2 is 1.84 bits per heavy atom. The lowest BCUT2D eigenvalue weighted by molar-refractivity contribution is 0.287. The standard InChI is InChI=1S/C19H29NO4S/c1-3-23-17-8-6-14(12-18(17)24-4-2)9-10-20-25(21,22)19-13-15-5-7-16(19)11-15/h6,8,12,15-16,19-20H,3-5,7,9-11,13H2,1-2H3. The molecule has 2 aliphatic rings. The maximum atomic E-state index is 12.6. The number of rotatable bonds is 9. The largest absolute Gasteiger partial charge is 0.490 e. The zero-order valence-electron chi connectivity index (χ0n) is 15.2. The lowest BCUT2D eigenvalue weighted by Crippen LogP contribution is -2.38. The summed E-state index contributed by atoms with van der Waals surface area (Å²) < 4.78 is 39.1. The number of ether oxygens (including phenoxy) is 2. The summed E-state index contributed by atoms with van der Waals surface area (Å²) in [5.74, 6) is 2.46. The molecule has 2 aliphatic carbocycles. The summed E-state index contributed by atoms with van der Waals surface area (Å²) in [4.78, 5) is 0. The highest BCUT2D eigenvalue weighted by molar-refractivity contribution is 7.90. The number of hydrogen-bond acceptors (Lipinski definition) is 4. The van der Waals surface area contributed by atoms with E-state index in [0.717, 1.165) is 36.3 Å². The lowest BCUT2D eigenvalue weighted by Gasteiger charge is -2.22. The van der Waals surface area contributed by atoms with E-state index in [1.54, 1.807) is 0 Å². The molecule has 3 unspecified atom stereocenters. The molecule has 0 aliphatic heterocycles. The number of hydrogen-bond donors (Lipinski definition) is 1. The first kappa shape index (κ1) is 18.5. The number of sulfonamides is 1. The van der Waals surface area contributed by atoms with E-state index in [1.165, 1.54) is 6.42 Å². The van der Waals surface area contributed by atoms with Crippen LogP contribution in [-0.4, -0.2) is 33.4 Å². The molecular weight excluding hydrogens is 338 g/mol. The highest BCUT2D eigenvalue weighted by atomic mass is 32.2. The molecule has 0 radical (unpaired) electrons. The van der Waals surface area contributed by atoms with Crippen molar-refractivity contribution >= 4 is 10.0 Å². The predicted octanol–water partition coefficient (Wildman–Crippen LogP) is 3.13. The van der Waals surface area contributed by atoms with Crippen LogP contribution in [0.25, 0.3) is 0 Å². The molecule has 2 saturated carbocycles. The van der Waals surface area contributed by atoms with Crippen LogP contribution in [0.3, 0.4) is 0 Å². The molecule has 1 N–H and O–H groups in total. The summed E-state index contributed by atoms with van der Waals surface area (Å²) in [7, 11) is -3.20. The molecule has 0 aromatic heterocycles. The van der Waals surface area contributed by atoms with Crippen LogP contribution >= 0.6 is 0 Å².